The molecule has 4 aliphatic rings. The van der Waals surface area contributed by atoms with E-state index in [9.17, 15) is 19.5 Å². The number of phenols is 1. The van der Waals surface area contributed by atoms with Crippen LogP contribution in [0.1, 0.15) is 17.5 Å². The lowest BCUT2D eigenvalue weighted by atomic mass is 9.95. The molecule has 2 fully saturated rings. The van der Waals surface area contributed by atoms with E-state index in [1.165, 1.54) is 0 Å². The van der Waals surface area contributed by atoms with Gasteiger partial charge in [-0.25, -0.2) is 14.8 Å². The van der Waals surface area contributed by atoms with Crippen molar-refractivity contribution in [3.8, 4) is 5.75 Å². The molecule has 3 aliphatic heterocycles. The Hall–Kier alpha value is -4.35. The Morgan fingerprint density at radius 1 is 1.11 bits per heavy atom. The number of hydrogen-bond acceptors (Lipinski definition) is 7. The van der Waals surface area contributed by atoms with Gasteiger partial charge in [0, 0.05) is 26.1 Å². The molecule has 4 unspecified atom stereocenters. The number of urea groups is 1. The lowest BCUT2D eigenvalue weighted by Crippen LogP contribution is -2.76. The van der Waals surface area contributed by atoms with Crippen LogP contribution >= 0.6 is 11.8 Å². The number of phenolic OH excluding ortho intramolecular Hbond substituents is 1. The van der Waals surface area contributed by atoms with Gasteiger partial charge in [-0.1, -0.05) is 66.8 Å². The lowest BCUT2D eigenvalue weighted by Gasteiger charge is -2.55. The summed E-state index contributed by atoms with van der Waals surface area (Å²) in [5, 5.41) is 16.5. The number of amides is 4. The minimum Gasteiger partial charge on any atom is -0.508 e. The van der Waals surface area contributed by atoms with E-state index in [0.29, 0.717) is 26.1 Å². The molecule has 11 heteroatoms. The van der Waals surface area contributed by atoms with Gasteiger partial charge in [-0.05, 0) is 35.3 Å². The number of carbonyl (C=O) groups is 3. The third-order valence-corrected chi connectivity index (χ3v) is 9.37. The zero-order valence-electron chi connectivity index (χ0n) is 24.4. The molecule has 4 amide bonds. The largest absolute Gasteiger partial charge is 0.508 e. The van der Waals surface area contributed by atoms with Crippen LogP contribution < -0.4 is 5.32 Å². The molecule has 2 aromatic rings. The third kappa shape index (κ3) is 6.15. The van der Waals surface area contributed by atoms with E-state index in [1.807, 2.05) is 48.0 Å². The average Bonchev–Trinajstić information content (AvgIpc) is 3.52. The Kier molecular flexibility index (Phi) is 8.85. The molecule has 1 aliphatic carbocycles. The number of thioether (sulfide) groups is 1. The molecule has 0 saturated carbocycles. The second-order valence-electron chi connectivity index (χ2n) is 11.3. The summed E-state index contributed by atoms with van der Waals surface area (Å²) in [4.78, 5) is 50.1. The van der Waals surface area contributed by atoms with E-state index in [-0.39, 0.29) is 54.4 Å². The molecule has 2 saturated heterocycles. The van der Waals surface area contributed by atoms with Crippen LogP contribution in [0, 0.1) is 0 Å². The van der Waals surface area contributed by atoms with E-state index in [1.54, 1.807) is 61.9 Å². The number of benzene rings is 2. The molecule has 0 bridgehead atoms. The van der Waals surface area contributed by atoms with E-state index >= 15 is 0 Å². The highest BCUT2D eigenvalue weighted by Gasteiger charge is 2.51. The number of aromatic hydroxyl groups is 1. The number of fused-ring (bicyclic) bond motifs is 2. The highest BCUT2D eigenvalue weighted by atomic mass is 32.2. The van der Waals surface area contributed by atoms with Gasteiger partial charge in [0.2, 0.25) is 11.8 Å². The Balaban J connectivity index is 1.34. The summed E-state index contributed by atoms with van der Waals surface area (Å²) in [7, 11) is 0. The van der Waals surface area contributed by atoms with Crippen molar-refractivity contribution >= 4 is 35.2 Å². The first-order chi connectivity index (χ1) is 21.4. The predicted octanol–water partition coefficient (Wildman–Crippen LogP) is 3.33. The molecule has 10 nitrogen and oxygen atoms in total. The van der Waals surface area contributed by atoms with Crippen LogP contribution in [0.15, 0.2) is 96.0 Å². The molecule has 44 heavy (non-hydrogen) atoms. The Morgan fingerprint density at radius 3 is 2.68 bits per heavy atom. The zero-order chi connectivity index (χ0) is 30.6. The van der Waals surface area contributed by atoms with Gasteiger partial charge < -0.3 is 20.2 Å². The topological polar surface area (TPSA) is 109 Å². The van der Waals surface area contributed by atoms with Crippen molar-refractivity contribution in [1.82, 2.24) is 25.1 Å². The molecule has 228 valence electrons. The summed E-state index contributed by atoms with van der Waals surface area (Å²) in [6.07, 6.45) is 8.04. The van der Waals surface area contributed by atoms with Gasteiger partial charge in [-0.15, -0.1) is 18.3 Å². The van der Waals surface area contributed by atoms with Crippen molar-refractivity contribution in [2.24, 2.45) is 4.99 Å². The average molecular weight is 613 g/mol. The van der Waals surface area contributed by atoms with Crippen LogP contribution in [-0.4, -0.2) is 98.0 Å². The Morgan fingerprint density at radius 2 is 1.91 bits per heavy atom. The van der Waals surface area contributed by atoms with Gasteiger partial charge in [0.15, 0.2) is 0 Å². The second kappa shape index (κ2) is 13.1. The van der Waals surface area contributed by atoms with Crippen LogP contribution in [-0.2, 0) is 22.6 Å². The summed E-state index contributed by atoms with van der Waals surface area (Å²) >= 11 is 1.66. The van der Waals surface area contributed by atoms with Crippen LogP contribution in [0.2, 0.25) is 0 Å². The number of carbonyl (C=O) groups excluding carboxylic acids is 3. The monoisotopic (exact) mass is 612 g/mol. The molecule has 2 N–H and O–H groups in total. The molecule has 0 aromatic heterocycles. The van der Waals surface area contributed by atoms with Crippen molar-refractivity contribution in [3.63, 3.8) is 0 Å². The van der Waals surface area contributed by atoms with E-state index in [2.05, 4.69) is 23.0 Å². The quantitative estimate of drug-likeness (QED) is 0.421. The SMILES string of the molecule is C=CCCN1CC(=O)N2C(Cc3ccc(O)cc3)C(=O)N(CC3=CC=CC4SC=NC34)CC2N1C(=O)NCc1ccccc1. The van der Waals surface area contributed by atoms with Crippen molar-refractivity contribution in [3.05, 3.63) is 102 Å². The first-order valence-electron chi connectivity index (χ1n) is 14.8. The van der Waals surface area contributed by atoms with Crippen LogP contribution in [0.5, 0.6) is 5.75 Å². The maximum absolute atomic E-state index is 14.3. The number of hydrogen-bond donors (Lipinski definition) is 2. The van der Waals surface area contributed by atoms with E-state index in [0.717, 1.165) is 16.7 Å². The maximum atomic E-state index is 14.3. The third-order valence-electron chi connectivity index (χ3n) is 8.40. The Bertz CT molecular complexity index is 1490. The minimum absolute atomic E-state index is 0.0336. The molecule has 3 heterocycles. The number of nitrogens with one attached hydrogen (secondary N) is 1. The van der Waals surface area contributed by atoms with Gasteiger partial charge in [0.05, 0.1) is 29.9 Å². The number of aliphatic imine (C=N–C) groups is 1. The molecule has 4 atom stereocenters. The summed E-state index contributed by atoms with van der Waals surface area (Å²) in [5.74, 6) is -0.258. The smallest absolute Gasteiger partial charge is 0.334 e. The number of allylic oxidation sites excluding steroid dienone is 2. The van der Waals surface area contributed by atoms with Gasteiger partial charge >= 0.3 is 6.03 Å². The molecular weight excluding hydrogens is 576 g/mol. The lowest BCUT2D eigenvalue weighted by molar-refractivity contribution is -0.189. The van der Waals surface area contributed by atoms with Crippen LogP contribution in [0.3, 0.4) is 0 Å². The summed E-state index contributed by atoms with van der Waals surface area (Å²) in [6.45, 7) is 5.06. The van der Waals surface area contributed by atoms with E-state index < -0.39 is 12.2 Å². The number of piperazine rings is 1. The van der Waals surface area contributed by atoms with Crippen molar-refractivity contribution in [2.75, 3.05) is 26.2 Å². The number of nitrogens with zero attached hydrogens (tertiary/aromatic N) is 5. The van der Waals surface area contributed by atoms with Gasteiger partial charge in [0.1, 0.15) is 18.0 Å². The normalized spacial score (nSPS) is 24.6. The highest BCUT2D eigenvalue weighted by Crippen LogP contribution is 2.34. The van der Waals surface area contributed by atoms with E-state index in [4.69, 9.17) is 0 Å². The standard InChI is InChI=1S/C33H36N6O4S/c1-2-3-16-37-21-30(41)38-27(17-23-12-14-26(40)15-13-23)32(42)36(19-25-10-7-11-28-31(25)35-22-44-28)20-29(38)39(37)33(43)34-18-24-8-5-4-6-9-24/h2,4-15,22,27-29,31,40H,1,3,16-21H2,(H,34,43). The van der Waals surface area contributed by atoms with Crippen molar-refractivity contribution in [1.29, 1.82) is 0 Å². The van der Waals surface area contributed by atoms with Crippen LogP contribution in [0.25, 0.3) is 0 Å². The fourth-order valence-electron chi connectivity index (χ4n) is 6.22. The predicted molar refractivity (Wildman–Crippen MR) is 171 cm³/mol. The van der Waals surface area contributed by atoms with Gasteiger partial charge in [-0.2, -0.15) is 0 Å². The molecule has 2 aromatic carbocycles. The van der Waals surface area contributed by atoms with Crippen molar-refractivity contribution < 1.29 is 19.5 Å². The van der Waals surface area contributed by atoms with Gasteiger partial charge in [-0.3, -0.25) is 14.6 Å². The number of rotatable bonds is 9. The van der Waals surface area contributed by atoms with Crippen LogP contribution in [0.4, 0.5) is 4.79 Å². The summed E-state index contributed by atoms with van der Waals surface area (Å²) in [5.41, 5.74) is 4.65. The van der Waals surface area contributed by atoms with Crippen molar-refractivity contribution in [2.45, 2.75) is 42.9 Å². The summed E-state index contributed by atoms with van der Waals surface area (Å²) in [6, 6.07) is 15.1. The first kappa shape index (κ1) is 29.7. The highest BCUT2D eigenvalue weighted by molar-refractivity contribution is 8.13. The zero-order valence-corrected chi connectivity index (χ0v) is 25.2. The minimum atomic E-state index is -0.825. The fraction of sp³-hybridized carbons (Fsp3) is 0.333. The summed E-state index contributed by atoms with van der Waals surface area (Å²) < 4.78 is 0. The molecule has 0 spiro atoms. The Labute approximate surface area is 261 Å². The molecule has 0 radical (unpaired) electrons. The molecule has 6 rings (SSSR count). The number of hydrazine groups is 1. The molecular formula is C33H36N6O4S. The second-order valence-corrected chi connectivity index (χ2v) is 12.3. The van der Waals surface area contributed by atoms with Gasteiger partial charge in [0.25, 0.3) is 0 Å². The fourth-order valence-corrected chi connectivity index (χ4v) is 7.14. The first-order valence-corrected chi connectivity index (χ1v) is 15.8. The maximum Gasteiger partial charge on any atom is 0.334 e.